The summed E-state index contributed by atoms with van der Waals surface area (Å²) in [6, 6.07) is 66.5. The molecule has 2 heterocycles. The van der Waals surface area contributed by atoms with Crippen molar-refractivity contribution in [1.29, 1.82) is 0 Å². The van der Waals surface area contributed by atoms with Gasteiger partial charge in [-0.3, -0.25) is 0 Å². The minimum Gasteiger partial charge on any atom is -0.457 e. The number of hydrogen-bond acceptors (Lipinski definition) is 4. The molecule has 0 N–H and O–H groups in total. The van der Waals surface area contributed by atoms with Gasteiger partial charge in [-0.05, 0) is 86.0 Å². The lowest BCUT2D eigenvalue weighted by atomic mass is 9.68. The Morgan fingerprint density at radius 1 is 0.304 bits per heavy atom. The molecule has 1 aromatic heterocycles. The summed E-state index contributed by atoms with van der Waals surface area (Å²) >= 11 is 0. The molecule has 1 atom stereocenters. The van der Waals surface area contributed by atoms with Crippen molar-refractivity contribution in [2.75, 3.05) is 0 Å². The van der Waals surface area contributed by atoms with Gasteiger partial charge in [0.05, 0.1) is 5.41 Å². The second-order valence-electron chi connectivity index (χ2n) is 14.7. The third-order valence-electron chi connectivity index (χ3n) is 11.7. The number of ether oxygens (including phenoxy) is 1. The molecule has 1 spiro atoms. The molecule has 9 aromatic rings. The van der Waals surface area contributed by atoms with Crippen LogP contribution in [0.25, 0.3) is 78.7 Å². The highest BCUT2D eigenvalue weighted by Crippen LogP contribution is 2.69. The first-order valence-corrected chi connectivity index (χ1v) is 19.0. The zero-order valence-corrected chi connectivity index (χ0v) is 30.1. The van der Waals surface area contributed by atoms with Gasteiger partial charge >= 0.3 is 0 Å². The van der Waals surface area contributed by atoms with Gasteiger partial charge in [-0.15, -0.1) is 0 Å². The molecule has 0 radical (unpaired) electrons. The highest BCUT2D eigenvalue weighted by molar-refractivity contribution is 6.01. The molecule has 0 bridgehead atoms. The standard InChI is InChI=1S/C52H31N3O/c1-3-13-32(14-4-1)49-53-50(33-15-5-2-6-16-33)55-51(54-49)38-20-10-19-36(30-38)34-17-9-18-35(29-34)37-27-28-45-44(31-37)52-43-25-8-7-21-39(43)40-22-11-23-41(47(40)52)42-24-12-26-46(56-45)48(42)52/h1-31H. The number of nitrogens with zero attached hydrogens (tertiary/aromatic N) is 3. The molecule has 56 heavy (non-hydrogen) atoms. The molecule has 0 saturated carbocycles. The van der Waals surface area contributed by atoms with Crippen LogP contribution in [0.4, 0.5) is 0 Å². The molecular formula is C52H31N3O. The molecular weight excluding hydrogens is 683 g/mol. The van der Waals surface area contributed by atoms with Crippen LogP contribution < -0.4 is 4.74 Å². The highest BCUT2D eigenvalue weighted by Gasteiger charge is 2.56. The minimum atomic E-state index is -0.439. The maximum Gasteiger partial charge on any atom is 0.164 e. The van der Waals surface area contributed by atoms with Gasteiger partial charge in [-0.2, -0.15) is 0 Å². The fourth-order valence-corrected chi connectivity index (χ4v) is 9.35. The van der Waals surface area contributed by atoms with E-state index in [2.05, 4.69) is 127 Å². The Morgan fingerprint density at radius 2 is 0.768 bits per heavy atom. The summed E-state index contributed by atoms with van der Waals surface area (Å²) in [6.45, 7) is 0. The Morgan fingerprint density at radius 3 is 1.45 bits per heavy atom. The van der Waals surface area contributed by atoms with Crippen molar-refractivity contribution < 1.29 is 4.74 Å². The van der Waals surface area contributed by atoms with E-state index in [0.29, 0.717) is 17.5 Å². The van der Waals surface area contributed by atoms with Crippen LogP contribution in [-0.2, 0) is 5.41 Å². The lowest BCUT2D eigenvalue weighted by Gasteiger charge is -2.37. The molecule has 4 heteroatoms. The lowest BCUT2D eigenvalue weighted by molar-refractivity contribution is 0.440. The van der Waals surface area contributed by atoms with Gasteiger partial charge in [0.1, 0.15) is 11.5 Å². The maximum absolute atomic E-state index is 6.76. The highest BCUT2D eigenvalue weighted by atomic mass is 16.5. The lowest BCUT2D eigenvalue weighted by Crippen LogP contribution is -2.30. The van der Waals surface area contributed by atoms with Gasteiger partial charge in [0, 0.05) is 27.8 Å². The van der Waals surface area contributed by atoms with Crippen molar-refractivity contribution in [3.05, 3.63) is 210 Å². The average molecular weight is 714 g/mol. The number of fused-ring (bicyclic) bond motifs is 4. The van der Waals surface area contributed by atoms with Crippen molar-refractivity contribution in [2.45, 2.75) is 5.41 Å². The van der Waals surface area contributed by atoms with Crippen LogP contribution in [0.3, 0.4) is 0 Å². The van der Waals surface area contributed by atoms with Crippen LogP contribution >= 0.6 is 0 Å². The van der Waals surface area contributed by atoms with E-state index in [1.54, 1.807) is 0 Å². The number of aromatic nitrogens is 3. The van der Waals surface area contributed by atoms with E-state index in [1.165, 1.54) is 44.5 Å². The predicted octanol–water partition coefficient (Wildman–Crippen LogP) is 12.7. The van der Waals surface area contributed by atoms with E-state index in [0.717, 1.165) is 50.4 Å². The van der Waals surface area contributed by atoms with Crippen LogP contribution in [0.2, 0.25) is 0 Å². The van der Waals surface area contributed by atoms with Crippen LogP contribution in [0.1, 0.15) is 22.3 Å². The van der Waals surface area contributed by atoms with Gasteiger partial charge in [-0.25, -0.2) is 15.0 Å². The van der Waals surface area contributed by atoms with Gasteiger partial charge in [0.25, 0.3) is 0 Å². The van der Waals surface area contributed by atoms with Crippen molar-refractivity contribution in [3.63, 3.8) is 0 Å². The summed E-state index contributed by atoms with van der Waals surface area (Å²) in [6.07, 6.45) is 0. The smallest absolute Gasteiger partial charge is 0.164 e. The molecule has 2 aliphatic carbocycles. The van der Waals surface area contributed by atoms with E-state index in [9.17, 15) is 0 Å². The summed E-state index contributed by atoms with van der Waals surface area (Å²) < 4.78 is 6.76. The van der Waals surface area contributed by atoms with E-state index >= 15 is 0 Å². The third kappa shape index (κ3) is 4.38. The largest absolute Gasteiger partial charge is 0.457 e. The molecule has 1 unspecified atom stereocenters. The number of benzene rings is 8. The monoisotopic (exact) mass is 713 g/mol. The second kappa shape index (κ2) is 11.8. The normalized spacial score (nSPS) is 15.0. The summed E-state index contributed by atoms with van der Waals surface area (Å²) in [5.41, 5.74) is 17.2. The first kappa shape index (κ1) is 31.0. The first-order chi connectivity index (χ1) is 27.7. The van der Waals surface area contributed by atoms with Gasteiger partial charge < -0.3 is 4.74 Å². The molecule has 0 saturated heterocycles. The van der Waals surface area contributed by atoms with Crippen molar-refractivity contribution in [3.8, 4) is 90.2 Å². The first-order valence-electron chi connectivity index (χ1n) is 19.0. The summed E-state index contributed by atoms with van der Waals surface area (Å²) in [5, 5.41) is 0. The Balaban J connectivity index is 0.977. The van der Waals surface area contributed by atoms with E-state index in [4.69, 9.17) is 19.7 Å². The van der Waals surface area contributed by atoms with Crippen LogP contribution in [0, 0.1) is 0 Å². The summed E-state index contributed by atoms with van der Waals surface area (Å²) in [5.74, 6) is 3.78. The minimum absolute atomic E-state index is 0.439. The van der Waals surface area contributed by atoms with E-state index in [1.807, 2.05) is 60.7 Å². The van der Waals surface area contributed by atoms with E-state index < -0.39 is 5.41 Å². The Bertz CT molecular complexity index is 3010. The maximum atomic E-state index is 6.76. The quantitative estimate of drug-likeness (QED) is 0.178. The van der Waals surface area contributed by atoms with Gasteiger partial charge in [0.15, 0.2) is 17.5 Å². The Kier molecular flexibility index (Phi) is 6.52. The fraction of sp³-hybridized carbons (Fsp3) is 0.0192. The van der Waals surface area contributed by atoms with Crippen LogP contribution in [0.15, 0.2) is 188 Å². The number of rotatable bonds is 5. The summed E-state index contributed by atoms with van der Waals surface area (Å²) in [7, 11) is 0. The molecule has 4 nitrogen and oxygen atoms in total. The molecule has 8 aromatic carbocycles. The van der Waals surface area contributed by atoms with Gasteiger partial charge in [-0.1, -0.05) is 158 Å². The van der Waals surface area contributed by atoms with E-state index in [-0.39, 0.29) is 0 Å². The van der Waals surface area contributed by atoms with Crippen molar-refractivity contribution >= 4 is 0 Å². The van der Waals surface area contributed by atoms with Crippen LogP contribution in [-0.4, -0.2) is 15.0 Å². The van der Waals surface area contributed by atoms with Crippen molar-refractivity contribution in [2.24, 2.45) is 0 Å². The average Bonchev–Trinajstić information content (AvgIpc) is 3.75. The van der Waals surface area contributed by atoms with Crippen LogP contribution in [0.5, 0.6) is 11.5 Å². The zero-order valence-electron chi connectivity index (χ0n) is 30.1. The zero-order chi connectivity index (χ0) is 36.8. The molecule has 1 aliphatic heterocycles. The predicted molar refractivity (Wildman–Crippen MR) is 223 cm³/mol. The number of hydrogen-bond donors (Lipinski definition) is 0. The topological polar surface area (TPSA) is 47.9 Å². The second-order valence-corrected chi connectivity index (χ2v) is 14.7. The molecule has 260 valence electrons. The summed E-state index contributed by atoms with van der Waals surface area (Å²) in [4.78, 5) is 14.9. The molecule has 3 aliphatic rings. The Labute approximate surface area is 324 Å². The molecule has 0 fully saturated rings. The fourth-order valence-electron chi connectivity index (χ4n) is 9.35. The molecule has 0 amide bonds. The Hall–Kier alpha value is -7.43. The SMILES string of the molecule is c1ccc(-c2nc(-c3ccccc3)nc(-c3cccc(-c4cccc(-c5ccc6c(c5)C57c8ccccc8-c8cccc(c85)-c5cccc(c57)O6)c4)c3)n2)cc1. The third-order valence-corrected chi connectivity index (χ3v) is 11.7. The van der Waals surface area contributed by atoms with Gasteiger partial charge in [0.2, 0.25) is 0 Å². The molecule has 12 rings (SSSR count). The van der Waals surface area contributed by atoms with Crippen molar-refractivity contribution in [1.82, 2.24) is 15.0 Å².